The molecule has 2 aromatic carbocycles. The van der Waals surface area contributed by atoms with Crippen molar-refractivity contribution in [3.05, 3.63) is 65.2 Å². The highest BCUT2D eigenvalue weighted by molar-refractivity contribution is 6.19. The van der Waals surface area contributed by atoms with Crippen molar-refractivity contribution in [1.82, 2.24) is 9.80 Å². The molecule has 2 heterocycles. The number of aliphatic carboxylic acids is 1. The zero-order valence-electron chi connectivity index (χ0n) is 19.5. The molecule has 2 aliphatic rings. The third-order valence-electron chi connectivity index (χ3n) is 6.29. The molecule has 10 heteroatoms. The number of fused-ring (bicyclic) bond motifs is 1. The lowest BCUT2D eigenvalue weighted by Gasteiger charge is -2.51. The highest BCUT2D eigenvalue weighted by atomic mass is 19.1. The molecule has 2 aromatic rings. The van der Waals surface area contributed by atoms with Gasteiger partial charge in [-0.05, 0) is 37.6 Å². The molecule has 0 radical (unpaired) electrons. The molecule has 0 saturated carbocycles. The fourth-order valence-electron chi connectivity index (χ4n) is 4.48. The number of imide groups is 1. The van der Waals surface area contributed by atoms with Crippen LogP contribution in [0.2, 0.25) is 0 Å². The first-order valence-electron chi connectivity index (χ1n) is 11.3. The minimum Gasteiger partial charge on any atom is -0.481 e. The van der Waals surface area contributed by atoms with Gasteiger partial charge in [-0.15, -0.1) is 0 Å². The summed E-state index contributed by atoms with van der Waals surface area (Å²) in [5, 5.41) is 8.82. The van der Waals surface area contributed by atoms with E-state index in [9.17, 15) is 19.2 Å². The monoisotopic (exact) mass is 495 g/mol. The number of carbonyl (C=O) groups is 4. The maximum absolute atomic E-state index is 15.0. The second kappa shape index (κ2) is 9.77. The third kappa shape index (κ3) is 4.64. The Hall–Kier alpha value is -4.26. The largest absolute Gasteiger partial charge is 0.481 e. The number of amides is 4. The summed E-state index contributed by atoms with van der Waals surface area (Å²) in [5.41, 5.74) is -1.66. The van der Waals surface area contributed by atoms with Gasteiger partial charge in [0.15, 0.2) is 11.6 Å². The Balaban J connectivity index is 1.58. The zero-order chi connectivity index (χ0) is 26.0. The molecule has 4 amide bonds. The highest BCUT2D eigenvalue weighted by Gasteiger charge is 2.55. The number of carbonyl (C=O) groups excluding carboxylic acids is 3. The number of piperazine rings is 1. The topological polar surface area (TPSA) is 98.2 Å². The summed E-state index contributed by atoms with van der Waals surface area (Å²) in [5.74, 6) is 0.782. The molecule has 0 spiro atoms. The Morgan fingerprint density at radius 2 is 1.67 bits per heavy atom. The SMILES string of the molecule is C[C@@]12CC(=O)N(c3c(F)cc(C#Cc4ccccc4)cc3F)C(=O)N1CCN(CCCC(=O)O)C2=O. The number of anilines is 1. The van der Waals surface area contributed by atoms with E-state index in [4.69, 9.17) is 5.11 Å². The molecule has 2 fully saturated rings. The summed E-state index contributed by atoms with van der Waals surface area (Å²) in [7, 11) is 0. The highest BCUT2D eigenvalue weighted by Crippen LogP contribution is 2.37. The molecule has 186 valence electrons. The molecule has 2 aliphatic heterocycles. The summed E-state index contributed by atoms with van der Waals surface area (Å²) in [6, 6.07) is 9.75. The van der Waals surface area contributed by atoms with E-state index in [0.717, 1.165) is 17.0 Å². The molecule has 0 bridgehead atoms. The summed E-state index contributed by atoms with van der Waals surface area (Å²) in [6.45, 7) is 1.73. The number of nitrogens with zero attached hydrogens (tertiary/aromatic N) is 3. The van der Waals surface area contributed by atoms with Crippen LogP contribution in [0.15, 0.2) is 42.5 Å². The van der Waals surface area contributed by atoms with Gasteiger partial charge in [-0.2, -0.15) is 0 Å². The van der Waals surface area contributed by atoms with Crippen LogP contribution in [0.1, 0.15) is 37.3 Å². The van der Waals surface area contributed by atoms with Crippen LogP contribution in [-0.4, -0.2) is 63.9 Å². The van der Waals surface area contributed by atoms with Crippen LogP contribution in [-0.2, 0) is 14.4 Å². The van der Waals surface area contributed by atoms with Crippen molar-refractivity contribution >= 4 is 29.5 Å². The molecule has 8 nitrogen and oxygen atoms in total. The summed E-state index contributed by atoms with van der Waals surface area (Å²) in [4.78, 5) is 53.1. The van der Waals surface area contributed by atoms with Gasteiger partial charge in [-0.3, -0.25) is 14.4 Å². The number of carboxylic acids is 1. The first-order valence-corrected chi connectivity index (χ1v) is 11.3. The first kappa shape index (κ1) is 24.9. The third-order valence-corrected chi connectivity index (χ3v) is 6.29. The van der Waals surface area contributed by atoms with E-state index in [-0.39, 0.29) is 38.0 Å². The summed E-state index contributed by atoms with van der Waals surface area (Å²) in [6.07, 6.45) is -0.372. The number of urea groups is 1. The van der Waals surface area contributed by atoms with Gasteiger partial charge < -0.3 is 14.9 Å². The molecule has 1 N–H and O–H groups in total. The number of carboxylic acid groups (broad SMARTS) is 1. The van der Waals surface area contributed by atoms with E-state index in [0.29, 0.717) is 10.5 Å². The van der Waals surface area contributed by atoms with Crippen LogP contribution >= 0.6 is 0 Å². The average molecular weight is 495 g/mol. The minimum absolute atomic E-state index is 0.0296. The number of rotatable bonds is 5. The van der Waals surface area contributed by atoms with Gasteiger partial charge in [0.1, 0.15) is 11.2 Å². The van der Waals surface area contributed by atoms with Crippen LogP contribution in [0.4, 0.5) is 19.3 Å². The minimum atomic E-state index is -1.53. The van der Waals surface area contributed by atoms with Crippen molar-refractivity contribution in [2.75, 3.05) is 24.5 Å². The fourth-order valence-corrected chi connectivity index (χ4v) is 4.48. The second-order valence-corrected chi connectivity index (χ2v) is 8.81. The first-order chi connectivity index (χ1) is 17.1. The maximum atomic E-state index is 15.0. The van der Waals surface area contributed by atoms with Crippen molar-refractivity contribution < 1.29 is 33.1 Å². The van der Waals surface area contributed by atoms with E-state index >= 15 is 8.78 Å². The Bertz CT molecular complexity index is 1280. The van der Waals surface area contributed by atoms with Crippen LogP contribution < -0.4 is 4.90 Å². The molecule has 4 rings (SSSR count). The Labute approximate surface area is 206 Å². The number of halogens is 2. The standard InChI is InChI=1S/C26H23F2N3O5/c1-26-16-21(32)31(25(36)30(26)13-12-29(24(26)35)11-5-8-22(33)34)23-19(27)14-18(15-20(23)28)10-9-17-6-3-2-4-7-17/h2-4,6-7,14-15H,5,8,11-13,16H2,1H3,(H,33,34)/t26-/m0/s1. The normalized spacial score (nSPS) is 19.6. The van der Waals surface area contributed by atoms with E-state index in [1.54, 1.807) is 24.3 Å². The lowest BCUT2D eigenvalue weighted by molar-refractivity contribution is -0.152. The molecular formula is C26H23F2N3O5. The van der Waals surface area contributed by atoms with E-state index in [1.165, 1.54) is 11.8 Å². The van der Waals surface area contributed by atoms with E-state index in [2.05, 4.69) is 11.8 Å². The number of hydrogen-bond donors (Lipinski definition) is 1. The van der Waals surface area contributed by atoms with Crippen molar-refractivity contribution in [3.63, 3.8) is 0 Å². The lowest BCUT2D eigenvalue weighted by Crippen LogP contribution is -2.72. The molecule has 1 atom stereocenters. The van der Waals surface area contributed by atoms with Gasteiger partial charge in [-0.1, -0.05) is 30.0 Å². The molecular weight excluding hydrogens is 472 g/mol. The fraction of sp³-hybridized carbons (Fsp3) is 0.308. The molecule has 0 aromatic heterocycles. The van der Waals surface area contributed by atoms with Gasteiger partial charge in [0.25, 0.3) is 0 Å². The van der Waals surface area contributed by atoms with Crippen LogP contribution in [0.25, 0.3) is 0 Å². The van der Waals surface area contributed by atoms with E-state index in [1.807, 2.05) is 6.07 Å². The molecule has 0 unspecified atom stereocenters. The Morgan fingerprint density at radius 3 is 2.31 bits per heavy atom. The maximum Gasteiger partial charge on any atom is 0.332 e. The molecule has 36 heavy (non-hydrogen) atoms. The van der Waals surface area contributed by atoms with Crippen LogP contribution in [0, 0.1) is 23.5 Å². The predicted molar refractivity (Wildman–Crippen MR) is 125 cm³/mol. The van der Waals surface area contributed by atoms with Crippen molar-refractivity contribution in [1.29, 1.82) is 0 Å². The van der Waals surface area contributed by atoms with Gasteiger partial charge in [0, 0.05) is 37.2 Å². The van der Waals surface area contributed by atoms with Crippen molar-refractivity contribution in [2.45, 2.75) is 31.7 Å². The molecule has 2 saturated heterocycles. The Morgan fingerprint density at radius 1 is 1.03 bits per heavy atom. The van der Waals surface area contributed by atoms with Crippen molar-refractivity contribution in [2.24, 2.45) is 0 Å². The van der Waals surface area contributed by atoms with Gasteiger partial charge >= 0.3 is 12.0 Å². The zero-order valence-corrected chi connectivity index (χ0v) is 19.5. The molecule has 0 aliphatic carbocycles. The number of benzene rings is 2. The predicted octanol–water partition coefficient (Wildman–Crippen LogP) is 2.99. The van der Waals surface area contributed by atoms with Crippen LogP contribution in [0.3, 0.4) is 0 Å². The number of hydrogen-bond acceptors (Lipinski definition) is 4. The quantitative estimate of drug-likeness (QED) is 0.644. The smallest absolute Gasteiger partial charge is 0.332 e. The van der Waals surface area contributed by atoms with Crippen molar-refractivity contribution in [3.8, 4) is 11.8 Å². The van der Waals surface area contributed by atoms with E-state index < -0.39 is 53.1 Å². The van der Waals surface area contributed by atoms with Gasteiger partial charge in [-0.25, -0.2) is 18.5 Å². The lowest BCUT2D eigenvalue weighted by atomic mass is 9.88. The second-order valence-electron chi connectivity index (χ2n) is 8.81. The van der Waals surface area contributed by atoms with Gasteiger partial charge in [0.2, 0.25) is 11.8 Å². The Kier molecular flexibility index (Phi) is 6.75. The van der Waals surface area contributed by atoms with Gasteiger partial charge in [0.05, 0.1) is 6.42 Å². The average Bonchev–Trinajstić information content (AvgIpc) is 2.82. The van der Waals surface area contributed by atoms with Crippen LogP contribution in [0.5, 0.6) is 0 Å². The summed E-state index contributed by atoms with van der Waals surface area (Å²) < 4.78 is 30.1. The summed E-state index contributed by atoms with van der Waals surface area (Å²) >= 11 is 0.